The molecule has 20 heavy (non-hydrogen) atoms. The fraction of sp³-hybridized carbons (Fsp3) is 0.375. The van der Waals surface area contributed by atoms with E-state index in [0.29, 0.717) is 5.75 Å². The van der Waals surface area contributed by atoms with E-state index in [1.165, 1.54) is 12.8 Å². The van der Waals surface area contributed by atoms with Gasteiger partial charge in [-0.15, -0.1) is 6.58 Å². The van der Waals surface area contributed by atoms with Gasteiger partial charge in [0.25, 0.3) is 0 Å². The highest BCUT2D eigenvalue weighted by Crippen LogP contribution is 2.13. The molecule has 0 fully saturated rings. The van der Waals surface area contributed by atoms with Gasteiger partial charge in [-0.25, -0.2) is 0 Å². The average Bonchev–Trinajstić information content (AvgIpc) is 2.40. The van der Waals surface area contributed by atoms with Crippen LogP contribution < -0.4 is 4.74 Å². The van der Waals surface area contributed by atoms with Gasteiger partial charge in [0, 0.05) is 0 Å². The summed E-state index contributed by atoms with van der Waals surface area (Å²) in [7, 11) is 0. The Balaban J connectivity index is 0.000000796. The molecule has 0 unspecified atom stereocenters. The van der Waals surface area contributed by atoms with Crippen molar-refractivity contribution in [2.75, 3.05) is 0 Å². The Morgan fingerprint density at radius 1 is 1.20 bits per heavy atom. The zero-order chi connectivity index (χ0) is 15.4. The van der Waals surface area contributed by atoms with Crippen LogP contribution in [0, 0.1) is 0 Å². The number of carbonyl (C=O) groups excluding carboxylic acids is 1. The molecule has 1 aromatic carbocycles. The maximum Gasteiger partial charge on any atom is 0.322 e. The van der Waals surface area contributed by atoms with Crippen molar-refractivity contribution in [1.82, 2.24) is 0 Å². The summed E-state index contributed by atoms with van der Waals surface area (Å²) in [6.45, 7) is 7.97. The van der Waals surface area contributed by atoms with Gasteiger partial charge in [-0.3, -0.25) is 9.59 Å². The van der Waals surface area contributed by atoms with Gasteiger partial charge in [0.2, 0.25) is 0 Å². The van der Waals surface area contributed by atoms with Gasteiger partial charge in [0.1, 0.15) is 12.2 Å². The van der Waals surface area contributed by atoms with Crippen molar-refractivity contribution in [3.8, 4) is 5.75 Å². The van der Waals surface area contributed by atoms with Crippen LogP contribution in [0.5, 0.6) is 5.75 Å². The average molecular weight is 278 g/mol. The number of ether oxygens (including phenoxy) is 1. The molecule has 4 heteroatoms. The number of esters is 1. The number of aliphatic carboxylic acids is 1. The first-order valence-corrected chi connectivity index (χ1v) is 6.65. The maximum atomic E-state index is 11.0. The SMILES string of the molecule is C=CCc1ccc(OC(=O)CC(=O)O)cc1.CCCC. The van der Waals surface area contributed by atoms with E-state index in [2.05, 4.69) is 20.4 Å². The first-order chi connectivity index (χ1) is 9.53. The fourth-order valence-electron chi connectivity index (χ4n) is 1.15. The third kappa shape index (κ3) is 8.91. The highest BCUT2D eigenvalue weighted by Gasteiger charge is 2.09. The van der Waals surface area contributed by atoms with E-state index in [0.717, 1.165) is 12.0 Å². The molecule has 0 aliphatic carbocycles. The van der Waals surface area contributed by atoms with Gasteiger partial charge in [-0.1, -0.05) is 44.9 Å². The van der Waals surface area contributed by atoms with Crippen LogP contribution in [0.4, 0.5) is 0 Å². The molecule has 0 spiro atoms. The quantitative estimate of drug-likeness (QED) is 0.374. The van der Waals surface area contributed by atoms with Crippen molar-refractivity contribution < 1.29 is 19.4 Å². The summed E-state index contributed by atoms with van der Waals surface area (Å²) >= 11 is 0. The highest BCUT2D eigenvalue weighted by molar-refractivity contribution is 5.91. The van der Waals surface area contributed by atoms with Crippen molar-refractivity contribution in [3.05, 3.63) is 42.5 Å². The highest BCUT2D eigenvalue weighted by atomic mass is 16.5. The molecule has 1 N–H and O–H groups in total. The molecule has 1 aromatic rings. The number of unbranched alkanes of at least 4 members (excludes halogenated alkanes) is 1. The fourth-order valence-corrected chi connectivity index (χ4v) is 1.15. The van der Waals surface area contributed by atoms with Crippen molar-refractivity contribution in [2.45, 2.75) is 39.5 Å². The number of carbonyl (C=O) groups is 2. The summed E-state index contributed by atoms with van der Waals surface area (Å²) < 4.78 is 4.81. The molecule has 0 radical (unpaired) electrons. The zero-order valence-electron chi connectivity index (χ0n) is 12.1. The third-order valence-electron chi connectivity index (χ3n) is 2.33. The van der Waals surface area contributed by atoms with Crippen molar-refractivity contribution in [1.29, 1.82) is 0 Å². The summed E-state index contributed by atoms with van der Waals surface area (Å²) in [5.74, 6) is -1.63. The normalized spacial score (nSPS) is 9.10. The molecule has 0 saturated carbocycles. The van der Waals surface area contributed by atoms with Gasteiger partial charge in [0.05, 0.1) is 0 Å². The summed E-state index contributed by atoms with van der Waals surface area (Å²) in [6, 6.07) is 6.84. The van der Waals surface area contributed by atoms with Crippen LogP contribution >= 0.6 is 0 Å². The van der Waals surface area contributed by atoms with E-state index in [4.69, 9.17) is 9.84 Å². The van der Waals surface area contributed by atoms with E-state index in [1.807, 2.05) is 0 Å². The molecule has 0 bridgehead atoms. The maximum absolute atomic E-state index is 11.0. The summed E-state index contributed by atoms with van der Waals surface area (Å²) in [5, 5.41) is 8.36. The first kappa shape index (κ1) is 17.9. The molecule has 0 aromatic heterocycles. The monoisotopic (exact) mass is 278 g/mol. The zero-order valence-corrected chi connectivity index (χ0v) is 12.1. The smallest absolute Gasteiger partial charge is 0.322 e. The van der Waals surface area contributed by atoms with E-state index >= 15 is 0 Å². The number of carboxylic acid groups (broad SMARTS) is 1. The second kappa shape index (κ2) is 10.8. The lowest BCUT2D eigenvalue weighted by atomic mass is 10.1. The lowest BCUT2D eigenvalue weighted by Gasteiger charge is -2.03. The van der Waals surface area contributed by atoms with Crippen LogP contribution in [-0.4, -0.2) is 17.0 Å². The van der Waals surface area contributed by atoms with Crippen molar-refractivity contribution in [2.24, 2.45) is 0 Å². The molecule has 110 valence electrons. The molecule has 4 nitrogen and oxygen atoms in total. The summed E-state index contributed by atoms with van der Waals surface area (Å²) in [4.78, 5) is 21.2. The van der Waals surface area contributed by atoms with Crippen LogP contribution in [0.1, 0.15) is 38.7 Å². The predicted molar refractivity (Wildman–Crippen MR) is 78.8 cm³/mol. The largest absolute Gasteiger partial charge is 0.481 e. The third-order valence-corrected chi connectivity index (χ3v) is 2.33. The first-order valence-electron chi connectivity index (χ1n) is 6.65. The Morgan fingerprint density at radius 2 is 1.75 bits per heavy atom. The van der Waals surface area contributed by atoms with Crippen molar-refractivity contribution >= 4 is 11.9 Å². The standard InChI is InChI=1S/C12H12O4.C4H10/c1-2-3-9-4-6-10(7-5-9)16-12(15)8-11(13)14;1-3-4-2/h2,4-7H,1,3,8H2,(H,13,14);3-4H2,1-2H3. The molecule has 0 aliphatic rings. The molecule has 0 saturated heterocycles. The Labute approximate surface area is 120 Å². The molecule has 1 rings (SSSR count). The Kier molecular flexibility index (Phi) is 9.66. The minimum atomic E-state index is -1.20. The minimum absolute atomic E-state index is 0.346. The van der Waals surface area contributed by atoms with Gasteiger partial charge < -0.3 is 9.84 Å². The van der Waals surface area contributed by atoms with Gasteiger partial charge in [-0.05, 0) is 24.1 Å². The minimum Gasteiger partial charge on any atom is -0.481 e. The second-order valence-electron chi connectivity index (χ2n) is 4.18. The number of hydrogen-bond donors (Lipinski definition) is 1. The number of rotatable bonds is 6. The van der Waals surface area contributed by atoms with Crippen LogP contribution in [0.15, 0.2) is 36.9 Å². The van der Waals surface area contributed by atoms with Gasteiger partial charge in [0.15, 0.2) is 0 Å². The van der Waals surface area contributed by atoms with Crippen molar-refractivity contribution in [3.63, 3.8) is 0 Å². The molecule has 0 aliphatic heterocycles. The predicted octanol–water partition coefficient (Wildman–Crippen LogP) is 3.60. The number of allylic oxidation sites excluding steroid dienone is 1. The Hall–Kier alpha value is -2.10. The summed E-state index contributed by atoms with van der Waals surface area (Å²) in [5.41, 5.74) is 1.05. The van der Waals surface area contributed by atoms with Gasteiger partial charge in [-0.2, -0.15) is 0 Å². The van der Waals surface area contributed by atoms with Crippen LogP contribution in [0.2, 0.25) is 0 Å². The molecular weight excluding hydrogens is 256 g/mol. The van der Waals surface area contributed by atoms with E-state index in [1.54, 1.807) is 30.3 Å². The topological polar surface area (TPSA) is 63.6 Å². The van der Waals surface area contributed by atoms with E-state index in [9.17, 15) is 9.59 Å². The lowest BCUT2D eigenvalue weighted by Crippen LogP contribution is -2.13. The van der Waals surface area contributed by atoms with E-state index in [-0.39, 0.29) is 0 Å². The van der Waals surface area contributed by atoms with Crippen LogP contribution in [0.3, 0.4) is 0 Å². The Bertz CT molecular complexity index is 419. The van der Waals surface area contributed by atoms with Crippen LogP contribution in [0.25, 0.3) is 0 Å². The molecule has 0 amide bonds. The number of benzene rings is 1. The molecular formula is C16H22O4. The molecule has 0 atom stereocenters. The van der Waals surface area contributed by atoms with Crippen LogP contribution in [-0.2, 0) is 16.0 Å². The lowest BCUT2D eigenvalue weighted by molar-refractivity contribution is -0.145. The summed E-state index contributed by atoms with van der Waals surface area (Å²) in [6.07, 6.45) is 4.52. The molecule has 0 heterocycles. The van der Waals surface area contributed by atoms with Gasteiger partial charge >= 0.3 is 11.9 Å². The number of carboxylic acids is 1. The second-order valence-corrected chi connectivity index (χ2v) is 4.18. The Morgan fingerprint density at radius 3 is 2.15 bits per heavy atom. The van der Waals surface area contributed by atoms with E-state index < -0.39 is 18.4 Å². The number of hydrogen-bond acceptors (Lipinski definition) is 3.